The van der Waals surface area contributed by atoms with Gasteiger partial charge in [-0.05, 0) is 34.9 Å². The van der Waals surface area contributed by atoms with E-state index < -0.39 is 48.8 Å². The Morgan fingerprint density at radius 1 is 0.939 bits per heavy atom. The van der Waals surface area contributed by atoms with Crippen LogP contribution < -0.4 is 5.32 Å². The molecule has 174 valence electrons. The van der Waals surface area contributed by atoms with Gasteiger partial charge in [-0.2, -0.15) is 16.8 Å². The van der Waals surface area contributed by atoms with Crippen LogP contribution in [0.5, 0.6) is 0 Å². The molecule has 33 heavy (non-hydrogen) atoms. The van der Waals surface area contributed by atoms with Gasteiger partial charge in [0.25, 0.3) is 20.2 Å². The molecule has 0 bridgehead atoms. The summed E-state index contributed by atoms with van der Waals surface area (Å²) in [5.74, 6) is -0.482. The Morgan fingerprint density at radius 2 is 1.39 bits per heavy atom. The van der Waals surface area contributed by atoms with Crippen molar-refractivity contribution in [3.8, 4) is 0 Å². The van der Waals surface area contributed by atoms with Crippen LogP contribution in [0.15, 0.2) is 52.8 Å². The van der Waals surface area contributed by atoms with E-state index in [1.807, 2.05) is 0 Å². The van der Waals surface area contributed by atoms with Gasteiger partial charge < -0.3 is 15.1 Å². The van der Waals surface area contributed by atoms with E-state index in [0.29, 0.717) is 0 Å². The monoisotopic (exact) mass is 527 g/mol. The molecule has 0 saturated carbocycles. The first-order valence-corrected chi connectivity index (χ1v) is 12.9. The molecular weight excluding hydrogens is 508 g/mol. The topological polar surface area (TPSA) is 195 Å². The van der Waals surface area contributed by atoms with Gasteiger partial charge in [-0.1, -0.05) is 36.9 Å². The van der Waals surface area contributed by atoms with Crippen molar-refractivity contribution in [2.24, 2.45) is 0 Å². The molecule has 0 spiro atoms. The van der Waals surface area contributed by atoms with Gasteiger partial charge in [0.1, 0.15) is 9.79 Å². The standard InChI is InChI=1S/C18H18NO10PS2.Na.H/c1-11(30(21,22)23)15-6-5-13(17(9-15)31(24,25)26)3-4-14-7-8-16(19-12(2)20)10-18(14)32(27,28)29;;/h3-10H,1H2,2H3,(H,19,20)(H2,21,22,23)(H,24,25,26)(H,27,28,29);;. The van der Waals surface area contributed by atoms with Crippen molar-refractivity contribution in [2.75, 3.05) is 5.32 Å². The Balaban J connectivity index is 0.00000544. The third-order valence-corrected chi connectivity index (χ3v) is 6.81. The zero-order valence-corrected chi connectivity index (χ0v) is 18.9. The van der Waals surface area contributed by atoms with E-state index in [0.717, 1.165) is 36.4 Å². The van der Waals surface area contributed by atoms with Gasteiger partial charge in [0, 0.05) is 12.6 Å². The van der Waals surface area contributed by atoms with Gasteiger partial charge in [0.15, 0.2) is 0 Å². The molecule has 2 aromatic rings. The summed E-state index contributed by atoms with van der Waals surface area (Å²) in [6, 6.07) is 6.65. The number of hydrogen-bond acceptors (Lipinski definition) is 6. The molecular formula is C18H19NNaO10PS2. The molecule has 0 aliphatic heterocycles. The van der Waals surface area contributed by atoms with Gasteiger partial charge in [-0.3, -0.25) is 18.5 Å². The van der Waals surface area contributed by atoms with E-state index in [1.54, 1.807) is 0 Å². The van der Waals surface area contributed by atoms with Crippen molar-refractivity contribution in [2.45, 2.75) is 16.7 Å². The number of amides is 1. The summed E-state index contributed by atoms with van der Waals surface area (Å²) in [6.45, 7) is 4.42. The SMILES string of the molecule is C=C(c1ccc(C=Cc2ccc(NC(C)=O)cc2S(=O)(=O)O)c(S(=O)(=O)O)c1)P(=O)(O)O.[NaH]. The molecule has 0 fully saturated rings. The summed E-state index contributed by atoms with van der Waals surface area (Å²) < 4.78 is 77.4. The normalized spacial score (nSPS) is 12.3. The summed E-state index contributed by atoms with van der Waals surface area (Å²) in [5.41, 5.74) is -0.379. The van der Waals surface area contributed by atoms with Crippen LogP contribution in [0, 0.1) is 0 Å². The van der Waals surface area contributed by atoms with Crippen LogP contribution in [-0.2, 0) is 29.6 Å². The molecule has 0 aliphatic rings. The van der Waals surface area contributed by atoms with E-state index in [1.165, 1.54) is 19.1 Å². The van der Waals surface area contributed by atoms with Crippen molar-refractivity contribution >= 4 is 86.5 Å². The number of anilines is 1. The fraction of sp³-hybridized carbons (Fsp3) is 0.0556. The van der Waals surface area contributed by atoms with Crippen molar-refractivity contribution in [3.63, 3.8) is 0 Å². The first-order chi connectivity index (χ1) is 14.5. The number of benzene rings is 2. The summed E-state index contributed by atoms with van der Waals surface area (Å²) in [4.78, 5) is 28.3. The van der Waals surface area contributed by atoms with E-state index in [2.05, 4.69) is 11.9 Å². The van der Waals surface area contributed by atoms with Crippen LogP contribution in [0.4, 0.5) is 5.69 Å². The van der Waals surface area contributed by atoms with Crippen LogP contribution in [0.1, 0.15) is 23.6 Å². The van der Waals surface area contributed by atoms with E-state index in [-0.39, 0.29) is 51.9 Å². The average Bonchev–Trinajstić information content (AvgIpc) is 2.63. The molecule has 5 N–H and O–H groups in total. The zero-order chi connectivity index (χ0) is 24.5. The second-order valence-corrected chi connectivity index (χ2v) is 10.9. The second kappa shape index (κ2) is 10.7. The van der Waals surface area contributed by atoms with E-state index >= 15 is 0 Å². The van der Waals surface area contributed by atoms with Crippen molar-refractivity contribution < 1.29 is 45.1 Å². The molecule has 0 radical (unpaired) electrons. The fourth-order valence-corrected chi connectivity index (χ4v) is 4.49. The number of rotatable bonds is 7. The van der Waals surface area contributed by atoms with Gasteiger partial charge in [0.05, 0.1) is 5.31 Å². The summed E-state index contributed by atoms with van der Waals surface area (Å²) >= 11 is 0. The molecule has 0 aromatic heterocycles. The van der Waals surface area contributed by atoms with Crippen LogP contribution in [0.25, 0.3) is 17.5 Å². The van der Waals surface area contributed by atoms with Crippen molar-refractivity contribution in [3.05, 3.63) is 59.7 Å². The van der Waals surface area contributed by atoms with Gasteiger partial charge >= 0.3 is 37.2 Å². The van der Waals surface area contributed by atoms with Crippen LogP contribution in [0.2, 0.25) is 0 Å². The predicted molar refractivity (Wildman–Crippen MR) is 124 cm³/mol. The van der Waals surface area contributed by atoms with Gasteiger partial charge in [-0.25, -0.2) is 0 Å². The Kier molecular flexibility index (Phi) is 9.57. The van der Waals surface area contributed by atoms with E-state index in [9.17, 15) is 45.1 Å². The van der Waals surface area contributed by atoms with Crippen LogP contribution in [0.3, 0.4) is 0 Å². The zero-order valence-electron chi connectivity index (χ0n) is 16.3. The Hall–Kier alpha value is -1.64. The second-order valence-electron chi connectivity index (χ2n) is 6.46. The molecule has 2 rings (SSSR count). The number of hydrogen-bond donors (Lipinski definition) is 5. The first kappa shape index (κ1) is 29.4. The van der Waals surface area contributed by atoms with Gasteiger partial charge in [-0.15, -0.1) is 0 Å². The Morgan fingerprint density at radius 3 is 1.82 bits per heavy atom. The molecule has 11 nitrogen and oxygen atoms in total. The molecule has 0 unspecified atom stereocenters. The molecule has 0 atom stereocenters. The number of carbonyl (C=O) groups is 1. The molecule has 15 heteroatoms. The van der Waals surface area contributed by atoms with E-state index in [4.69, 9.17) is 0 Å². The van der Waals surface area contributed by atoms with Crippen LogP contribution >= 0.6 is 7.60 Å². The Labute approximate surface area is 212 Å². The van der Waals surface area contributed by atoms with Crippen molar-refractivity contribution in [1.82, 2.24) is 0 Å². The predicted octanol–water partition coefficient (Wildman–Crippen LogP) is 1.81. The summed E-state index contributed by atoms with van der Waals surface area (Å²) in [5, 5.41) is 1.69. The number of carbonyl (C=O) groups excluding carboxylic acids is 1. The minimum absolute atomic E-state index is 0. The van der Waals surface area contributed by atoms with Gasteiger partial charge in [0.2, 0.25) is 5.91 Å². The molecule has 0 heterocycles. The molecule has 0 aliphatic carbocycles. The minimum atomic E-state index is -4.86. The summed E-state index contributed by atoms with van der Waals surface area (Å²) in [7, 11) is -14.4. The maximum atomic E-state index is 11.8. The third kappa shape index (κ3) is 7.97. The molecule has 1 amide bonds. The molecule has 2 aromatic carbocycles. The first-order valence-electron chi connectivity index (χ1n) is 8.44. The van der Waals surface area contributed by atoms with Crippen LogP contribution in [-0.4, -0.2) is 71.2 Å². The summed E-state index contributed by atoms with van der Waals surface area (Å²) in [6.07, 6.45) is 2.23. The molecule has 0 saturated heterocycles. The Bertz CT molecular complexity index is 1400. The number of nitrogens with one attached hydrogen (secondary N) is 1. The maximum absolute atomic E-state index is 11.8. The fourth-order valence-electron chi connectivity index (χ4n) is 2.60. The quantitative estimate of drug-likeness (QED) is 0.153. The van der Waals surface area contributed by atoms with Crippen molar-refractivity contribution in [1.29, 1.82) is 0 Å². The average molecular weight is 527 g/mol. The third-order valence-electron chi connectivity index (χ3n) is 4.03.